The van der Waals surface area contributed by atoms with Crippen LogP contribution in [0.3, 0.4) is 0 Å². The molecule has 0 aliphatic heterocycles. The number of sulfonamides is 1. The highest BCUT2D eigenvalue weighted by Crippen LogP contribution is 2.29. The van der Waals surface area contributed by atoms with E-state index in [1.54, 1.807) is 44.0 Å². The predicted octanol–water partition coefficient (Wildman–Crippen LogP) is 2.11. The van der Waals surface area contributed by atoms with E-state index in [9.17, 15) is 13.2 Å². The molecule has 2 rings (SSSR count). The molecule has 2 aromatic rings. The lowest BCUT2D eigenvalue weighted by atomic mass is 10.2. The SMILES string of the molecule is CCN(CC)S(=O)(=O)c1ccc(OC)c(NC(=O)/C=C/c2cnn(C)c2)c1. The summed E-state index contributed by atoms with van der Waals surface area (Å²) in [6.07, 6.45) is 6.36. The van der Waals surface area contributed by atoms with Crippen molar-refractivity contribution in [2.45, 2.75) is 18.7 Å². The van der Waals surface area contributed by atoms with Gasteiger partial charge in [-0.05, 0) is 24.3 Å². The fraction of sp³-hybridized carbons (Fsp3) is 0.333. The Morgan fingerprint density at radius 1 is 1.33 bits per heavy atom. The Hall–Kier alpha value is -2.65. The maximum atomic E-state index is 12.7. The fourth-order valence-corrected chi connectivity index (χ4v) is 4.02. The van der Waals surface area contributed by atoms with Crippen molar-refractivity contribution in [1.82, 2.24) is 14.1 Å². The van der Waals surface area contributed by atoms with Crippen LogP contribution in [0.25, 0.3) is 6.08 Å². The number of aromatic nitrogens is 2. The number of rotatable bonds is 8. The zero-order valence-electron chi connectivity index (χ0n) is 15.8. The maximum absolute atomic E-state index is 12.7. The number of methoxy groups -OCH3 is 1. The van der Waals surface area contributed by atoms with Gasteiger partial charge in [0.1, 0.15) is 5.75 Å². The minimum absolute atomic E-state index is 0.0959. The van der Waals surface area contributed by atoms with Crippen LogP contribution in [0, 0.1) is 0 Å². The van der Waals surface area contributed by atoms with Gasteiger partial charge in [0.15, 0.2) is 0 Å². The fourth-order valence-electron chi connectivity index (χ4n) is 2.53. The molecular weight excluding hydrogens is 368 g/mol. The lowest BCUT2D eigenvalue weighted by molar-refractivity contribution is -0.111. The topological polar surface area (TPSA) is 93.5 Å². The molecule has 0 aliphatic rings. The summed E-state index contributed by atoms with van der Waals surface area (Å²) in [4.78, 5) is 12.3. The lowest BCUT2D eigenvalue weighted by Gasteiger charge is -2.19. The molecule has 27 heavy (non-hydrogen) atoms. The number of hydrogen-bond acceptors (Lipinski definition) is 5. The number of hydrogen-bond donors (Lipinski definition) is 1. The van der Waals surface area contributed by atoms with Crippen molar-refractivity contribution in [1.29, 1.82) is 0 Å². The highest BCUT2D eigenvalue weighted by molar-refractivity contribution is 7.89. The largest absolute Gasteiger partial charge is 0.495 e. The first-order valence-corrected chi connectivity index (χ1v) is 9.91. The van der Waals surface area contributed by atoms with Crippen LogP contribution in [0.4, 0.5) is 5.69 Å². The summed E-state index contributed by atoms with van der Waals surface area (Å²) in [5.41, 5.74) is 1.06. The zero-order valence-corrected chi connectivity index (χ0v) is 16.7. The molecular formula is C18H24N4O4S. The third-order valence-electron chi connectivity index (χ3n) is 3.92. The Kier molecular flexibility index (Phi) is 6.75. The number of nitrogens with zero attached hydrogens (tertiary/aromatic N) is 3. The van der Waals surface area contributed by atoms with Crippen molar-refractivity contribution in [2.75, 3.05) is 25.5 Å². The molecule has 0 saturated carbocycles. The van der Waals surface area contributed by atoms with E-state index >= 15 is 0 Å². The quantitative estimate of drug-likeness (QED) is 0.695. The number of carbonyl (C=O) groups is 1. The highest BCUT2D eigenvalue weighted by atomic mass is 32.2. The molecule has 0 fully saturated rings. The Balaban J connectivity index is 2.27. The van der Waals surface area contributed by atoms with E-state index in [0.717, 1.165) is 5.56 Å². The second-order valence-corrected chi connectivity index (χ2v) is 7.66. The minimum Gasteiger partial charge on any atom is -0.495 e. The summed E-state index contributed by atoms with van der Waals surface area (Å²) in [7, 11) is -0.404. The number of benzene rings is 1. The van der Waals surface area contributed by atoms with Gasteiger partial charge in [0.2, 0.25) is 15.9 Å². The number of anilines is 1. The van der Waals surface area contributed by atoms with E-state index in [1.807, 2.05) is 0 Å². The average molecular weight is 392 g/mol. The Morgan fingerprint density at radius 3 is 2.59 bits per heavy atom. The van der Waals surface area contributed by atoms with Gasteiger partial charge in [-0.25, -0.2) is 8.42 Å². The second-order valence-electron chi connectivity index (χ2n) is 5.72. The Labute approximate surface area is 159 Å². The highest BCUT2D eigenvalue weighted by Gasteiger charge is 2.23. The van der Waals surface area contributed by atoms with Crippen LogP contribution < -0.4 is 10.1 Å². The second kappa shape index (κ2) is 8.83. The summed E-state index contributed by atoms with van der Waals surface area (Å²) in [6.45, 7) is 4.27. The minimum atomic E-state index is -3.64. The number of nitrogens with one attached hydrogen (secondary N) is 1. The van der Waals surface area contributed by atoms with Gasteiger partial charge in [-0.3, -0.25) is 9.48 Å². The molecule has 0 bridgehead atoms. The number of ether oxygens (including phenoxy) is 1. The molecule has 9 heteroatoms. The van der Waals surface area contributed by atoms with Crippen LogP contribution >= 0.6 is 0 Å². The van der Waals surface area contributed by atoms with Gasteiger partial charge in [-0.2, -0.15) is 9.40 Å². The Bertz CT molecular complexity index is 931. The summed E-state index contributed by atoms with van der Waals surface area (Å²) in [5, 5.41) is 6.68. The first-order chi connectivity index (χ1) is 12.8. The molecule has 1 N–H and O–H groups in total. The van der Waals surface area contributed by atoms with Gasteiger partial charge >= 0.3 is 0 Å². The maximum Gasteiger partial charge on any atom is 0.248 e. The van der Waals surface area contributed by atoms with Gasteiger partial charge in [0.05, 0.1) is 23.9 Å². The molecule has 0 unspecified atom stereocenters. The summed E-state index contributed by atoms with van der Waals surface area (Å²) in [6, 6.07) is 4.40. The van der Waals surface area contributed by atoms with Crippen molar-refractivity contribution in [2.24, 2.45) is 7.05 Å². The van der Waals surface area contributed by atoms with E-state index in [1.165, 1.54) is 35.7 Å². The van der Waals surface area contributed by atoms with Gasteiger partial charge < -0.3 is 10.1 Å². The van der Waals surface area contributed by atoms with Gasteiger partial charge in [0, 0.05) is 38.0 Å². The van der Waals surface area contributed by atoms with Crippen molar-refractivity contribution >= 4 is 27.7 Å². The first kappa shape index (κ1) is 20.7. The molecule has 146 valence electrons. The van der Waals surface area contributed by atoms with Crippen molar-refractivity contribution in [3.05, 3.63) is 42.2 Å². The third-order valence-corrected chi connectivity index (χ3v) is 5.97. The smallest absolute Gasteiger partial charge is 0.248 e. The zero-order chi connectivity index (χ0) is 20.0. The molecule has 1 aromatic heterocycles. The van der Waals surface area contributed by atoms with Crippen LogP contribution in [-0.4, -0.2) is 48.6 Å². The summed E-state index contributed by atoms with van der Waals surface area (Å²) >= 11 is 0. The van der Waals surface area contributed by atoms with Crippen LogP contribution in [0.5, 0.6) is 5.75 Å². The van der Waals surface area contributed by atoms with Gasteiger partial charge in [0.25, 0.3) is 0 Å². The molecule has 1 aromatic carbocycles. The van der Waals surface area contributed by atoms with Crippen molar-refractivity contribution < 1.29 is 17.9 Å². The monoisotopic (exact) mass is 392 g/mol. The summed E-state index contributed by atoms with van der Waals surface area (Å²) in [5.74, 6) is -0.0360. The van der Waals surface area contributed by atoms with E-state index in [-0.39, 0.29) is 10.6 Å². The third kappa shape index (κ3) is 4.95. The van der Waals surface area contributed by atoms with E-state index in [2.05, 4.69) is 10.4 Å². The molecule has 0 saturated heterocycles. The van der Waals surface area contributed by atoms with Crippen LogP contribution in [0.15, 0.2) is 41.6 Å². The van der Waals surface area contributed by atoms with Crippen LogP contribution in [0.1, 0.15) is 19.4 Å². The molecule has 8 nitrogen and oxygen atoms in total. The van der Waals surface area contributed by atoms with Crippen LogP contribution in [0.2, 0.25) is 0 Å². The molecule has 0 spiro atoms. The Morgan fingerprint density at radius 2 is 2.04 bits per heavy atom. The number of aryl methyl sites for hydroxylation is 1. The first-order valence-electron chi connectivity index (χ1n) is 8.47. The molecule has 1 amide bonds. The normalized spacial score (nSPS) is 11.9. The molecule has 0 aliphatic carbocycles. The molecule has 0 atom stereocenters. The van der Waals surface area contributed by atoms with Gasteiger partial charge in [-0.1, -0.05) is 13.8 Å². The van der Waals surface area contributed by atoms with Gasteiger partial charge in [-0.15, -0.1) is 0 Å². The van der Waals surface area contributed by atoms with Crippen LogP contribution in [-0.2, 0) is 21.9 Å². The predicted molar refractivity (Wildman–Crippen MR) is 104 cm³/mol. The standard InChI is InChI=1S/C18H24N4O4S/c1-5-22(6-2)27(24,25)15-8-9-17(26-4)16(11-15)20-18(23)10-7-14-12-19-21(3)13-14/h7-13H,5-6H2,1-4H3,(H,20,23)/b10-7+. The number of amides is 1. The van der Waals surface area contributed by atoms with Crippen molar-refractivity contribution in [3.63, 3.8) is 0 Å². The lowest BCUT2D eigenvalue weighted by Crippen LogP contribution is -2.30. The molecule has 1 heterocycles. The summed E-state index contributed by atoms with van der Waals surface area (Å²) < 4.78 is 33.6. The average Bonchev–Trinajstić information content (AvgIpc) is 3.06. The van der Waals surface area contributed by atoms with Crippen molar-refractivity contribution in [3.8, 4) is 5.75 Å². The van der Waals surface area contributed by atoms with E-state index < -0.39 is 15.9 Å². The molecule has 0 radical (unpaired) electrons. The van der Waals surface area contributed by atoms with E-state index in [0.29, 0.717) is 18.8 Å². The number of carbonyl (C=O) groups excluding carboxylic acids is 1. The van der Waals surface area contributed by atoms with E-state index in [4.69, 9.17) is 4.74 Å².